The second-order valence-electron chi connectivity index (χ2n) is 4.48. The van der Waals surface area contributed by atoms with Gasteiger partial charge in [-0.15, -0.1) is 0 Å². The van der Waals surface area contributed by atoms with Crippen LogP contribution in [0.4, 0.5) is 11.5 Å². The Hall–Kier alpha value is -2.96. The van der Waals surface area contributed by atoms with Gasteiger partial charge in [-0.2, -0.15) is 0 Å². The van der Waals surface area contributed by atoms with Crippen molar-refractivity contribution in [1.29, 1.82) is 0 Å². The fraction of sp³-hybridized carbons (Fsp3) is 0.200. The molecule has 22 heavy (non-hydrogen) atoms. The summed E-state index contributed by atoms with van der Waals surface area (Å²) in [5.74, 6) is 0.486. The minimum Gasteiger partial charge on any atom is -0.481 e. The van der Waals surface area contributed by atoms with Gasteiger partial charge in [0.1, 0.15) is 17.8 Å². The number of nitro groups is 1. The number of anilines is 1. The Morgan fingerprint density at radius 2 is 2.05 bits per heavy atom. The third kappa shape index (κ3) is 4.02. The molecule has 0 fully saturated rings. The molecular formula is C15H15N3O4. The van der Waals surface area contributed by atoms with E-state index in [9.17, 15) is 14.9 Å². The van der Waals surface area contributed by atoms with Crippen molar-refractivity contribution in [2.24, 2.45) is 0 Å². The number of hydrogen-bond donors (Lipinski definition) is 1. The summed E-state index contributed by atoms with van der Waals surface area (Å²) >= 11 is 0. The lowest BCUT2D eigenvalue weighted by atomic mass is 10.2. The number of nitrogens with one attached hydrogen (secondary N) is 1. The number of nitrogens with zero attached hydrogens (tertiary/aromatic N) is 2. The van der Waals surface area contributed by atoms with Gasteiger partial charge in [0, 0.05) is 6.07 Å². The van der Waals surface area contributed by atoms with Crippen molar-refractivity contribution in [3.8, 4) is 5.75 Å². The molecule has 1 heterocycles. The summed E-state index contributed by atoms with van der Waals surface area (Å²) < 4.78 is 5.61. The molecule has 1 aromatic carbocycles. The summed E-state index contributed by atoms with van der Waals surface area (Å²) in [6.45, 7) is 1.83. The highest BCUT2D eigenvalue weighted by Crippen LogP contribution is 2.15. The number of aromatic nitrogens is 1. The molecule has 0 aliphatic heterocycles. The molecule has 7 heteroatoms. The zero-order valence-electron chi connectivity index (χ0n) is 11.9. The summed E-state index contributed by atoms with van der Waals surface area (Å²) in [6.07, 6.45) is 0.905. The smallest absolute Gasteiger partial charge is 0.287 e. The summed E-state index contributed by atoms with van der Waals surface area (Å²) in [6, 6.07) is 11.7. The van der Waals surface area contributed by atoms with E-state index in [4.69, 9.17) is 4.74 Å². The zero-order chi connectivity index (χ0) is 15.9. The van der Waals surface area contributed by atoms with E-state index in [-0.39, 0.29) is 17.4 Å². The molecule has 1 atom stereocenters. The van der Waals surface area contributed by atoms with Crippen LogP contribution in [0.5, 0.6) is 5.75 Å². The van der Waals surface area contributed by atoms with Crippen molar-refractivity contribution in [1.82, 2.24) is 4.98 Å². The second-order valence-corrected chi connectivity index (χ2v) is 4.48. The van der Waals surface area contributed by atoms with Crippen molar-refractivity contribution >= 4 is 17.4 Å². The Balaban J connectivity index is 2.01. The minimum absolute atomic E-state index is 0.134. The van der Waals surface area contributed by atoms with E-state index in [1.54, 1.807) is 12.1 Å². The lowest BCUT2D eigenvalue weighted by molar-refractivity contribution is -0.385. The molecule has 0 radical (unpaired) electrons. The summed E-state index contributed by atoms with van der Waals surface area (Å²) in [5, 5.41) is 13.1. The van der Waals surface area contributed by atoms with E-state index < -0.39 is 11.0 Å². The number of benzene rings is 1. The highest BCUT2D eigenvalue weighted by molar-refractivity contribution is 5.93. The molecule has 7 nitrogen and oxygen atoms in total. The van der Waals surface area contributed by atoms with Gasteiger partial charge >= 0.3 is 0 Å². The summed E-state index contributed by atoms with van der Waals surface area (Å²) in [4.78, 5) is 26.0. The van der Waals surface area contributed by atoms with Crippen LogP contribution in [0.3, 0.4) is 0 Å². The Bertz CT molecular complexity index is 644. The second kappa shape index (κ2) is 7.16. The minimum atomic E-state index is -0.667. The molecule has 1 unspecified atom stereocenters. The quantitative estimate of drug-likeness (QED) is 0.654. The predicted octanol–water partition coefficient (Wildman–Crippen LogP) is 2.79. The molecule has 114 valence electrons. The number of hydrogen-bond acceptors (Lipinski definition) is 5. The van der Waals surface area contributed by atoms with Crippen molar-refractivity contribution in [3.63, 3.8) is 0 Å². The van der Waals surface area contributed by atoms with Gasteiger partial charge in [0.15, 0.2) is 6.10 Å². The third-order valence-electron chi connectivity index (χ3n) is 2.89. The van der Waals surface area contributed by atoms with E-state index in [2.05, 4.69) is 10.3 Å². The number of ether oxygens (including phenoxy) is 1. The normalized spacial score (nSPS) is 11.5. The third-order valence-corrected chi connectivity index (χ3v) is 2.89. The van der Waals surface area contributed by atoms with Crippen molar-refractivity contribution in [2.45, 2.75) is 19.4 Å². The van der Waals surface area contributed by atoms with Crippen LogP contribution >= 0.6 is 0 Å². The van der Waals surface area contributed by atoms with Gasteiger partial charge in [0.05, 0.1) is 4.92 Å². The average Bonchev–Trinajstić information content (AvgIpc) is 2.54. The number of pyridine rings is 1. The van der Waals surface area contributed by atoms with Crippen LogP contribution in [0.2, 0.25) is 0 Å². The lowest BCUT2D eigenvalue weighted by Crippen LogP contribution is -2.32. The summed E-state index contributed by atoms with van der Waals surface area (Å²) in [5.41, 5.74) is -0.134. The molecule has 2 rings (SSSR count). The van der Waals surface area contributed by atoms with Gasteiger partial charge in [-0.1, -0.05) is 25.1 Å². The number of rotatable bonds is 6. The van der Waals surface area contributed by atoms with E-state index in [1.165, 1.54) is 12.1 Å². The standard InChI is InChI=1S/C15H15N3O4/c1-2-13(22-12-6-4-3-5-7-12)15(19)17-14-9-8-11(10-16-14)18(20)21/h3-10,13H,2H2,1H3,(H,16,17,19). The van der Waals surface area contributed by atoms with Gasteiger partial charge in [-0.3, -0.25) is 14.9 Å². The van der Waals surface area contributed by atoms with Crippen LogP contribution in [-0.4, -0.2) is 21.9 Å². The first-order valence-electron chi connectivity index (χ1n) is 6.73. The fourth-order valence-electron chi connectivity index (χ4n) is 1.76. The van der Waals surface area contributed by atoms with E-state index >= 15 is 0 Å². The lowest BCUT2D eigenvalue weighted by Gasteiger charge is -2.16. The number of para-hydroxylation sites is 1. The maximum absolute atomic E-state index is 12.2. The highest BCUT2D eigenvalue weighted by atomic mass is 16.6. The van der Waals surface area contributed by atoms with Gasteiger partial charge in [-0.05, 0) is 24.6 Å². The average molecular weight is 301 g/mol. The first-order chi connectivity index (χ1) is 10.6. The van der Waals surface area contributed by atoms with Crippen molar-refractivity contribution in [2.75, 3.05) is 5.32 Å². The molecule has 0 spiro atoms. The zero-order valence-corrected chi connectivity index (χ0v) is 11.9. The number of amides is 1. The first kappa shape index (κ1) is 15.4. The van der Waals surface area contributed by atoms with Gasteiger partial charge in [0.25, 0.3) is 11.6 Å². The Morgan fingerprint density at radius 1 is 1.32 bits per heavy atom. The Labute approximate surface area is 127 Å². The number of carbonyl (C=O) groups excluding carboxylic acids is 1. The molecule has 0 saturated carbocycles. The molecule has 2 aromatic rings. The molecular weight excluding hydrogens is 286 g/mol. The van der Waals surface area contributed by atoms with E-state index in [0.717, 1.165) is 6.20 Å². The Morgan fingerprint density at radius 3 is 2.59 bits per heavy atom. The monoisotopic (exact) mass is 301 g/mol. The van der Waals surface area contributed by atoms with Crippen LogP contribution in [0.25, 0.3) is 0 Å². The molecule has 0 saturated heterocycles. The van der Waals surface area contributed by atoms with Crippen LogP contribution < -0.4 is 10.1 Å². The first-order valence-corrected chi connectivity index (χ1v) is 6.73. The predicted molar refractivity (Wildman–Crippen MR) is 80.7 cm³/mol. The van der Waals surface area contributed by atoms with Crippen LogP contribution in [0, 0.1) is 10.1 Å². The van der Waals surface area contributed by atoms with Gasteiger partial charge in [0.2, 0.25) is 0 Å². The Kier molecular flexibility index (Phi) is 5.02. The van der Waals surface area contributed by atoms with E-state index in [1.807, 2.05) is 25.1 Å². The molecule has 0 aliphatic carbocycles. The topological polar surface area (TPSA) is 94.4 Å². The highest BCUT2D eigenvalue weighted by Gasteiger charge is 2.19. The van der Waals surface area contributed by atoms with Crippen LogP contribution in [0.15, 0.2) is 48.7 Å². The van der Waals surface area contributed by atoms with Crippen LogP contribution in [-0.2, 0) is 4.79 Å². The molecule has 1 N–H and O–H groups in total. The summed E-state index contributed by atoms with van der Waals surface area (Å²) in [7, 11) is 0. The van der Waals surface area contributed by atoms with Crippen molar-refractivity contribution in [3.05, 3.63) is 58.8 Å². The molecule has 1 amide bonds. The maximum atomic E-state index is 12.2. The number of carbonyl (C=O) groups is 1. The van der Waals surface area contributed by atoms with Crippen molar-refractivity contribution < 1.29 is 14.5 Å². The SMILES string of the molecule is CCC(Oc1ccccc1)C(=O)Nc1ccc([N+](=O)[O-])cn1. The molecule has 0 aliphatic rings. The van der Waals surface area contributed by atoms with Gasteiger partial charge < -0.3 is 10.1 Å². The maximum Gasteiger partial charge on any atom is 0.287 e. The largest absolute Gasteiger partial charge is 0.481 e. The molecule has 1 aromatic heterocycles. The molecule has 0 bridgehead atoms. The fourth-order valence-corrected chi connectivity index (χ4v) is 1.76. The van der Waals surface area contributed by atoms with Gasteiger partial charge in [-0.25, -0.2) is 4.98 Å². The van der Waals surface area contributed by atoms with E-state index in [0.29, 0.717) is 12.2 Å². The van der Waals surface area contributed by atoms with Crippen LogP contribution in [0.1, 0.15) is 13.3 Å².